The average Bonchev–Trinajstić information content (AvgIpc) is 3.14. The quantitative estimate of drug-likeness (QED) is 0.636. The maximum atomic E-state index is 6.48. The fourth-order valence-electron chi connectivity index (χ4n) is 4.77. The number of piperidine rings is 1. The van der Waals surface area contributed by atoms with Crippen molar-refractivity contribution in [1.29, 1.82) is 0 Å². The van der Waals surface area contributed by atoms with E-state index in [-0.39, 0.29) is 6.10 Å². The maximum Gasteiger partial charge on any atom is 0.232 e. The first kappa shape index (κ1) is 17.5. The zero-order valence-corrected chi connectivity index (χ0v) is 16.7. The lowest BCUT2D eigenvalue weighted by Crippen LogP contribution is -2.38. The van der Waals surface area contributed by atoms with Gasteiger partial charge in [0, 0.05) is 12.6 Å². The predicted octanol–water partition coefficient (Wildman–Crippen LogP) is 5.13. The molecule has 0 bridgehead atoms. The number of ether oxygens (including phenoxy) is 1. The van der Waals surface area contributed by atoms with Crippen molar-refractivity contribution in [2.75, 3.05) is 11.4 Å². The fraction of sp³-hybridized carbons (Fsp3) is 0.478. The lowest BCUT2D eigenvalue weighted by atomic mass is 9.82. The Labute approximate surface area is 166 Å². The number of pyridine rings is 1. The first-order chi connectivity index (χ1) is 13.7. The second kappa shape index (κ2) is 7.12. The largest absolute Gasteiger partial charge is 0.484 e. The normalized spacial score (nSPS) is 24.9. The lowest BCUT2D eigenvalue weighted by Gasteiger charge is -2.33. The van der Waals surface area contributed by atoms with Gasteiger partial charge in [0.25, 0.3) is 0 Å². The van der Waals surface area contributed by atoms with Gasteiger partial charge in [-0.1, -0.05) is 31.2 Å². The first-order valence-corrected chi connectivity index (χ1v) is 10.6. The SMILES string of the molecule is C[C@H]1CC[C@@H](Oc2ccc3nnc(N4CCCC[C@@H]4C)n3c2)c2ccccc21. The van der Waals surface area contributed by atoms with Crippen molar-refractivity contribution in [2.24, 2.45) is 0 Å². The molecule has 3 heterocycles. The van der Waals surface area contributed by atoms with Gasteiger partial charge in [0.05, 0.1) is 6.20 Å². The molecule has 3 atom stereocenters. The van der Waals surface area contributed by atoms with Crippen molar-refractivity contribution < 1.29 is 4.74 Å². The van der Waals surface area contributed by atoms with Crippen molar-refractivity contribution >= 4 is 11.6 Å². The van der Waals surface area contributed by atoms with Crippen LogP contribution in [0.1, 0.15) is 69.1 Å². The summed E-state index contributed by atoms with van der Waals surface area (Å²) in [6, 6.07) is 13.2. The van der Waals surface area contributed by atoms with Gasteiger partial charge in [-0.05, 0) is 68.2 Å². The van der Waals surface area contributed by atoms with Gasteiger partial charge < -0.3 is 9.64 Å². The molecule has 0 amide bonds. The number of hydrogen-bond acceptors (Lipinski definition) is 4. The maximum absolute atomic E-state index is 6.48. The smallest absolute Gasteiger partial charge is 0.232 e. The number of anilines is 1. The highest BCUT2D eigenvalue weighted by Crippen LogP contribution is 2.39. The van der Waals surface area contributed by atoms with Crippen molar-refractivity contribution in [3.63, 3.8) is 0 Å². The van der Waals surface area contributed by atoms with E-state index in [0.717, 1.165) is 36.7 Å². The summed E-state index contributed by atoms with van der Waals surface area (Å²) in [5, 5.41) is 8.86. The van der Waals surface area contributed by atoms with E-state index in [0.29, 0.717) is 12.0 Å². The minimum atomic E-state index is 0.110. The molecule has 0 spiro atoms. The molecule has 5 nitrogen and oxygen atoms in total. The van der Waals surface area contributed by atoms with Gasteiger partial charge in [-0.15, -0.1) is 10.2 Å². The van der Waals surface area contributed by atoms with Crippen LogP contribution in [0.3, 0.4) is 0 Å². The molecule has 5 rings (SSSR count). The standard InChI is InChI=1S/C23H28N4O/c1-16-10-12-21(20-9-4-3-8-19(16)20)28-18-11-13-22-24-25-23(27(22)15-18)26-14-6-5-7-17(26)2/h3-4,8-9,11,13,15-17,21H,5-7,10,12,14H2,1-2H3/t16-,17-,21+/m0/s1. The Hall–Kier alpha value is -2.56. The molecule has 1 saturated heterocycles. The Bertz CT molecular complexity index is 982. The van der Waals surface area contributed by atoms with Gasteiger partial charge in [0.1, 0.15) is 11.9 Å². The Kier molecular flexibility index (Phi) is 4.46. The van der Waals surface area contributed by atoms with Crippen molar-refractivity contribution in [2.45, 2.75) is 64.0 Å². The van der Waals surface area contributed by atoms with Gasteiger partial charge in [0.2, 0.25) is 5.95 Å². The highest BCUT2D eigenvalue weighted by atomic mass is 16.5. The zero-order valence-electron chi connectivity index (χ0n) is 16.7. The molecule has 2 aliphatic rings. The van der Waals surface area contributed by atoms with Gasteiger partial charge in [-0.3, -0.25) is 4.40 Å². The van der Waals surface area contributed by atoms with E-state index in [4.69, 9.17) is 4.74 Å². The van der Waals surface area contributed by atoms with E-state index in [9.17, 15) is 0 Å². The Morgan fingerprint density at radius 2 is 1.79 bits per heavy atom. The third kappa shape index (κ3) is 3.03. The molecule has 1 fully saturated rings. The summed E-state index contributed by atoms with van der Waals surface area (Å²) in [6.07, 6.45) is 8.10. The minimum Gasteiger partial charge on any atom is -0.484 e. The van der Waals surface area contributed by atoms with Gasteiger partial charge in [0.15, 0.2) is 5.65 Å². The molecule has 28 heavy (non-hydrogen) atoms. The fourth-order valence-corrected chi connectivity index (χ4v) is 4.77. The van der Waals surface area contributed by atoms with Crippen LogP contribution in [0, 0.1) is 0 Å². The molecule has 146 valence electrons. The monoisotopic (exact) mass is 376 g/mol. The molecule has 0 unspecified atom stereocenters. The van der Waals surface area contributed by atoms with Gasteiger partial charge in [-0.25, -0.2) is 0 Å². The second-order valence-corrected chi connectivity index (χ2v) is 8.35. The molecule has 3 aromatic rings. The van der Waals surface area contributed by atoms with Crippen LogP contribution in [0.25, 0.3) is 5.65 Å². The summed E-state index contributed by atoms with van der Waals surface area (Å²) in [5.74, 6) is 2.42. The topological polar surface area (TPSA) is 42.7 Å². The van der Waals surface area contributed by atoms with E-state index in [1.54, 1.807) is 0 Å². The molecule has 0 radical (unpaired) electrons. The number of aromatic nitrogens is 3. The van der Waals surface area contributed by atoms with Crippen LogP contribution in [0.4, 0.5) is 5.95 Å². The molecule has 0 saturated carbocycles. The number of nitrogens with zero attached hydrogens (tertiary/aromatic N) is 4. The molecule has 2 aromatic heterocycles. The third-order valence-corrected chi connectivity index (χ3v) is 6.43. The van der Waals surface area contributed by atoms with Crippen LogP contribution in [0.5, 0.6) is 5.75 Å². The van der Waals surface area contributed by atoms with Crippen LogP contribution in [-0.2, 0) is 0 Å². The van der Waals surface area contributed by atoms with E-state index in [1.165, 1.54) is 30.4 Å². The van der Waals surface area contributed by atoms with Crippen LogP contribution in [0.15, 0.2) is 42.6 Å². The van der Waals surface area contributed by atoms with Gasteiger partial charge in [-0.2, -0.15) is 0 Å². The first-order valence-electron chi connectivity index (χ1n) is 10.6. The highest BCUT2D eigenvalue weighted by Gasteiger charge is 2.26. The summed E-state index contributed by atoms with van der Waals surface area (Å²) in [4.78, 5) is 2.38. The molecule has 5 heteroatoms. The molecular formula is C23H28N4O. The lowest BCUT2D eigenvalue weighted by molar-refractivity contribution is 0.177. The average molecular weight is 377 g/mol. The molecule has 1 aliphatic heterocycles. The van der Waals surface area contributed by atoms with E-state index in [1.807, 2.05) is 12.1 Å². The van der Waals surface area contributed by atoms with Crippen LogP contribution in [0.2, 0.25) is 0 Å². The van der Waals surface area contributed by atoms with Crippen molar-refractivity contribution in [3.05, 3.63) is 53.7 Å². The Morgan fingerprint density at radius 1 is 0.929 bits per heavy atom. The van der Waals surface area contributed by atoms with Crippen LogP contribution < -0.4 is 9.64 Å². The number of benzene rings is 1. The number of hydrogen-bond donors (Lipinski definition) is 0. The summed E-state index contributed by atoms with van der Waals surface area (Å²) >= 11 is 0. The van der Waals surface area contributed by atoms with E-state index >= 15 is 0 Å². The number of fused-ring (bicyclic) bond motifs is 2. The van der Waals surface area contributed by atoms with Crippen molar-refractivity contribution in [1.82, 2.24) is 14.6 Å². The van der Waals surface area contributed by atoms with Crippen LogP contribution in [-0.4, -0.2) is 27.2 Å². The summed E-state index contributed by atoms with van der Waals surface area (Å²) < 4.78 is 8.57. The third-order valence-electron chi connectivity index (χ3n) is 6.43. The molecular weight excluding hydrogens is 348 g/mol. The zero-order chi connectivity index (χ0) is 19.1. The van der Waals surface area contributed by atoms with Crippen molar-refractivity contribution in [3.8, 4) is 5.75 Å². The summed E-state index contributed by atoms with van der Waals surface area (Å²) in [6.45, 7) is 5.63. The number of rotatable bonds is 3. The Morgan fingerprint density at radius 3 is 2.64 bits per heavy atom. The minimum absolute atomic E-state index is 0.110. The molecule has 1 aliphatic carbocycles. The second-order valence-electron chi connectivity index (χ2n) is 8.35. The predicted molar refractivity (Wildman–Crippen MR) is 111 cm³/mol. The van der Waals surface area contributed by atoms with E-state index in [2.05, 4.69) is 63.8 Å². The van der Waals surface area contributed by atoms with Gasteiger partial charge >= 0.3 is 0 Å². The van der Waals surface area contributed by atoms with Crippen LogP contribution >= 0.6 is 0 Å². The molecule has 0 N–H and O–H groups in total. The Balaban J connectivity index is 1.46. The summed E-state index contributed by atoms with van der Waals surface area (Å²) in [7, 11) is 0. The highest BCUT2D eigenvalue weighted by molar-refractivity contribution is 5.49. The summed E-state index contributed by atoms with van der Waals surface area (Å²) in [5.41, 5.74) is 3.62. The van der Waals surface area contributed by atoms with E-state index < -0.39 is 0 Å². The molecule has 1 aromatic carbocycles.